The molecule has 148 valence electrons. The van der Waals surface area contributed by atoms with E-state index in [-0.39, 0.29) is 17.9 Å². The van der Waals surface area contributed by atoms with Crippen LogP contribution in [-0.4, -0.2) is 31.0 Å². The number of benzene rings is 2. The Kier molecular flexibility index (Phi) is 5.20. The van der Waals surface area contributed by atoms with E-state index in [2.05, 4.69) is 0 Å². The van der Waals surface area contributed by atoms with Crippen LogP contribution in [0.25, 0.3) is 10.9 Å². The number of carbonyl (C=O) groups is 1. The third-order valence-corrected chi connectivity index (χ3v) is 5.96. The van der Waals surface area contributed by atoms with E-state index in [4.69, 9.17) is 0 Å². The molecule has 0 bridgehead atoms. The third kappa shape index (κ3) is 4.04. The number of rotatable bonds is 5. The molecule has 1 N–H and O–H groups in total. The molecule has 0 unspecified atom stereocenters. The van der Waals surface area contributed by atoms with Crippen molar-refractivity contribution in [1.82, 2.24) is 9.29 Å². The predicted octanol–water partition coefficient (Wildman–Crippen LogP) is 3.41. The molecule has 0 aliphatic carbocycles. The number of halogens is 3. The lowest BCUT2D eigenvalue weighted by molar-refractivity contribution is -0.173. The number of hydrogen-bond acceptors (Lipinski definition) is 3. The molecule has 9 heteroatoms. The summed E-state index contributed by atoms with van der Waals surface area (Å²) < 4.78 is 63.7. The van der Waals surface area contributed by atoms with E-state index < -0.39 is 22.1 Å². The van der Waals surface area contributed by atoms with Gasteiger partial charge in [-0.25, -0.2) is 12.4 Å². The van der Waals surface area contributed by atoms with Crippen LogP contribution in [0.4, 0.5) is 13.2 Å². The molecule has 0 fully saturated rings. The number of fused-ring (bicyclic) bond motifs is 1. The lowest BCUT2D eigenvalue weighted by atomic mass is 10.1. The second-order valence-corrected chi connectivity index (χ2v) is 8.14. The molecule has 0 atom stereocenters. The minimum atomic E-state index is -4.93. The maximum absolute atomic E-state index is 12.9. The summed E-state index contributed by atoms with van der Waals surface area (Å²) in [7, 11) is -3.81. The van der Waals surface area contributed by atoms with Crippen LogP contribution in [-0.2, 0) is 21.2 Å². The quantitative estimate of drug-likeness (QED) is 0.701. The minimum absolute atomic E-state index is 0.132. The van der Waals surface area contributed by atoms with Gasteiger partial charge < -0.3 is 5.32 Å². The monoisotopic (exact) mass is 410 g/mol. The molecule has 28 heavy (non-hydrogen) atoms. The highest BCUT2D eigenvalue weighted by Crippen LogP contribution is 2.24. The first-order valence-electron chi connectivity index (χ1n) is 8.36. The van der Waals surface area contributed by atoms with Gasteiger partial charge in [0.25, 0.3) is 10.0 Å². The Labute approximate surface area is 159 Å². The molecule has 0 aliphatic rings. The van der Waals surface area contributed by atoms with E-state index >= 15 is 0 Å². The summed E-state index contributed by atoms with van der Waals surface area (Å²) >= 11 is 0. The van der Waals surface area contributed by atoms with E-state index in [0.717, 1.165) is 9.54 Å². The first kappa shape index (κ1) is 19.9. The molecule has 0 aliphatic heterocycles. The molecule has 1 amide bonds. The zero-order valence-corrected chi connectivity index (χ0v) is 15.6. The number of alkyl halides is 3. The summed E-state index contributed by atoms with van der Waals surface area (Å²) in [6.07, 6.45) is -3.36. The van der Waals surface area contributed by atoms with Crippen LogP contribution in [0.2, 0.25) is 0 Å². The Morgan fingerprint density at radius 3 is 2.39 bits per heavy atom. The molecular weight excluding hydrogens is 393 g/mol. The molecule has 3 rings (SSSR count). The van der Waals surface area contributed by atoms with Gasteiger partial charge in [0.15, 0.2) is 0 Å². The lowest BCUT2D eigenvalue weighted by Crippen LogP contribution is -2.37. The van der Waals surface area contributed by atoms with Gasteiger partial charge in [0, 0.05) is 18.1 Å². The predicted molar refractivity (Wildman–Crippen MR) is 98.5 cm³/mol. The van der Waals surface area contributed by atoms with Crippen LogP contribution < -0.4 is 5.32 Å². The zero-order chi connectivity index (χ0) is 20.5. The summed E-state index contributed by atoms with van der Waals surface area (Å²) in [5.74, 6) is -2.00. The molecular formula is C19H17F3N2O3S. The third-order valence-electron chi connectivity index (χ3n) is 4.26. The Hall–Kier alpha value is -2.81. The van der Waals surface area contributed by atoms with Crippen LogP contribution in [0.15, 0.2) is 59.6 Å². The van der Waals surface area contributed by atoms with Crippen molar-refractivity contribution in [3.63, 3.8) is 0 Å². The second kappa shape index (κ2) is 7.31. The van der Waals surface area contributed by atoms with E-state index in [0.29, 0.717) is 16.5 Å². The van der Waals surface area contributed by atoms with Crippen molar-refractivity contribution in [1.29, 1.82) is 0 Å². The van der Waals surface area contributed by atoms with E-state index in [9.17, 15) is 26.4 Å². The SMILES string of the molecule is Cc1ccc(S(=O)(=O)n2ccc3ccc(CCNC(=O)C(F)(F)F)cc32)cc1. The normalized spacial score (nSPS) is 12.3. The molecule has 5 nitrogen and oxygen atoms in total. The van der Waals surface area contributed by atoms with E-state index in [1.165, 1.54) is 18.3 Å². The number of carbonyl (C=O) groups excluding carboxylic acids is 1. The van der Waals surface area contributed by atoms with Gasteiger partial charge in [-0.15, -0.1) is 0 Å². The van der Waals surface area contributed by atoms with Crippen LogP contribution in [0.3, 0.4) is 0 Å². The number of hydrogen-bond donors (Lipinski definition) is 1. The standard InChI is InChI=1S/C19H17F3N2O3S/c1-13-2-6-16(7-3-13)28(26,27)24-11-9-15-5-4-14(12-17(15)24)8-10-23-18(25)19(20,21)22/h2-7,9,11-12H,8,10H2,1H3,(H,23,25). The first-order valence-corrected chi connectivity index (χ1v) is 9.80. The van der Waals surface area contributed by atoms with Crippen molar-refractivity contribution in [3.05, 3.63) is 65.9 Å². The topological polar surface area (TPSA) is 68.2 Å². The highest BCUT2D eigenvalue weighted by atomic mass is 32.2. The average molecular weight is 410 g/mol. The maximum atomic E-state index is 12.9. The van der Waals surface area contributed by atoms with Crippen molar-refractivity contribution in [2.45, 2.75) is 24.4 Å². The zero-order valence-electron chi connectivity index (χ0n) is 14.8. The maximum Gasteiger partial charge on any atom is 0.471 e. The van der Waals surface area contributed by atoms with Crippen molar-refractivity contribution in [2.75, 3.05) is 6.54 Å². The summed E-state index contributed by atoms with van der Waals surface area (Å²) in [6, 6.07) is 13.1. The number of nitrogens with zero attached hydrogens (tertiary/aromatic N) is 1. The summed E-state index contributed by atoms with van der Waals surface area (Å²) in [5, 5.41) is 2.48. The Morgan fingerprint density at radius 2 is 1.75 bits per heavy atom. The molecule has 0 radical (unpaired) electrons. The molecule has 1 aromatic heterocycles. The average Bonchev–Trinajstić information content (AvgIpc) is 3.05. The first-order chi connectivity index (χ1) is 13.1. The molecule has 1 heterocycles. The van der Waals surface area contributed by atoms with Crippen LogP contribution in [0, 0.1) is 6.92 Å². The van der Waals surface area contributed by atoms with Crippen molar-refractivity contribution < 1.29 is 26.4 Å². The molecule has 0 saturated heterocycles. The molecule has 0 saturated carbocycles. The largest absolute Gasteiger partial charge is 0.471 e. The highest BCUT2D eigenvalue weighted by Gasteiger charge is 2.38. The van der Waals surface area contributed by atoms with Crippen LogP contribution in [0.5, 0.6) is 0 Å². The molecule has 2 aromatic carbocycles. The van der Waals surface area contributed by atoms with Gasteiger partial charge in [-0.2, -0.15) is 13.2 Å². The van der Waals surface area contributed by atoms with Gasteiger partial charge in [-0.1, -0.05) is 29.8 Å². The fraction of sp³-hybridized carbons (Fsp3) is 0.211. The summed E-state index contributed by atoms with van der Waals surface area (Å²) in [6.45, 7) is 1.64. The van der Waals surface area contributed by atoms with Gasteiger partial charge in [0.1, 0.15) is 0 Å². The van der Waals surface area contributed by atoms with Gasteiger partial charge in [0.05, 0.1) is 10.4 Å². The second-order valence-electron chi connectivity index (χ2n) is 6.33. The minimum Gasteiger partial charge on any atom is -0.348 e. The fourth-order valence-corrected chi connectivity index (χ4v) is 4.10. The summed E-state index contributed by atoms with van der Waals surface area (Å²) in [5.41, 5.74) is 1.95. The Balaban J connectivity index is 1.86. The van der Waals surface area contributed by atoms with Gasteiger partial charge in [0.2, 0.25) is 0 Å². The van der Waals surface area contributed by atoms with E-state index in [1.54, 1.807) is 41.7 Å². The van der Waals surface area contributed by atoms with E-state index in [1.807, 2.05) is 6.92 Å². The number of amides is 1. The highest BCUT2D eigenvalue weighted by molar-refractivity contribution is 7.90. The van der Waals surface area contributed by atoms with Crippen LogP contribution in [0.1, 0.15) is 11.1 Å². The number of aromatic nitrogens is 1. The van der Waals surface area contributed by atoms with Crippen LogP contribution >= 0.6 is 0 Å². The van der Waals surface area contributed by atoms with Gasteiger partial charge >= 0.3 is 12.1 Å². The van der Waals surface area contributed by atoms with Crippen molar-refractivity contribution in [2.24, 2.45) is 0 Å². The van der Waals surface area contributed by atoms with Crippen molar-refractivity contribution in [3.8, 4) is 0 Å². The van der Waals surface area contributed by atoms with Gasteiger partial charge in [-0.3, -0.25) is 4.79 Å². The Bertz CT molecular complexity index is 1120. The Morgan fingerprint density at radius 1 is 1.07 bits per heavy atom. The molecule has 0 spiro atoms. The smallest absolute Gasteiger partial charge is 0.348 e. The molecule has 3 aromatic rings. The van der Waals surface area contributed by atoms with Gasteiger partial charge in [-0.05, 0) is 43.2 Å². The lowest BCUT2D eigenvalue weighted by Gasteiger charge is -2.10. The van der Waals surface area contributed by atoms with Crippen molar-refractivity contribution >= 4 is 26.8 Å². The number of nitrogens with one attached hydrogen (secondary N) is 1. The number of aryl methyl sites for hydroxylation is 1. The summed E-state index contributed by atoms with van der Waals surface area (Å²) in [4.78, 5) is 11.0. The fourth-order valence-electron chi connectivity index (χ4n) is 2.76.